The fraction of sp³-hybridized carbons (Fsp3) is 0.192. The Morgan fingerprint density at radius 1 is 1.09 bits per heavy atom. The third kappa shape index (κ3) is 3.92. The molecule has 0 aliphatic heterocycles. The van der Waals surface area contributed by atoms with Crippen molar-refractivity contribution in [2.45, 2.75) is 13.3 Å². The van der Waals surface area contributed by atoms with Crippen molar-refractivity contribution in [1.82, 2.24) is 9.13 Å². The van der Waals surface area contributed by atoms with Gasteiger partial charge in [0.2, 0.25) is 0 Å². The van der Waals surface area contributed by atoms with Gasteiger partial charge in [0.1, 0.15) is 11.3 Å². The predicted molar refractivity (Wildman–Crippen MR) is 125 cm³/mol. The molecule has 0 bridgehead atoms. The zero-order valence-electron chi connectivity index (χ0n) is 18.5. The molecule has 0 fully saturated rings. The second-order valence-corrected chi connectivity index (χ2v) is 7.43. The second kappa shape index (κ2) is 9.16. The standard InChI is InChI=1S/C26H26N2O4/c1-5-18-14-28(16-22(18)23-15-27(3)24-10-8-7-9-20(23)24)19-11-12-21(26(29)31-6-2)25(13-19)32-17-30-4/h6-16H,2,5,17H2,1,3-4H3. The Hall–Kier alpha value is -3.77. The SMILES string of the molecule is C=COC(=O)c1ccc(-n2cc(CC)c(-c3cn(C)c4ccccc34)c2)cc1OCOC. The van der Waals surface area contributed by atoms with Crippen molar-refractivity contribution in [3.63, 3.8) is 0 Å². The van der Waals surface area contributed by atoms with E-state index in [1.165, 1.54) is 34.7 Å². The molecule has 0 aliphatic carbocycles. The van der Waals surface area contributed by atoms with Crippen LogP contribution in [0, 0.1) is 0 Å². The number of ether oxygens (including phenoxy) is 3. The molecule has 0 unspecified atom stereocenters. The van der Waals surface area contributed by atoms with Gasteiger partial charge in [-0.3, -0.25) is 0 Å². The summed E-state index contributed by atoms with van der Waals surface area (Å²) in [5.41, 5.74) is 5.98. The molecule has 0 atom stereocenters. The molecule has 32 heavy (non-hydrogen) atoms. The van der Waals surface area contributed by atoms with Crippen molar-refractivity contribution in [3.05, 3.63) is 85.0 Å². The summed E-state index contributed by atoms with van der Waals surface area (Å²) in [7, 11) is 3.59. The van der Waals surface area contributed by atoms with Gasteiger partial charge in [0.05, 0.1) is 6.26 Å². The molecular formula is C26H26N2O4. The lowest BCUT2D eigenvalue weighted by atomic mass is 10.0. The summed E-state index contributed by atoms with van der Waals surface area (Å²) >= 11 is 0. The molecule has 0 N–H and O–H groups in total. The molecule has 164 valence electrons. The molecule has 2 heterocycles. The van der Waals surface area contributed by atoms with Crippen LogP contribution in [0.4, 0.5) is 0 Å². The average Bonchev–Trinajstić information content (AvgIpc) is 3.39. The molecule has 0 spiro atoms. The summed E-state index contributed by atoms with van der Waals surface area (Å²) in [5.74, 6) is -0.148. The van der Waals surface area contributed by atoms with Gasteiger partial charge in [-0.1, -0.05) is 31.7 Å². The number of aromatic nitrogens is 2. The van der Waals surface area contributed by atoms with Crippen LogP contribution in [0.2, 0.25) is 0 Å². The van der Waals surface area contributed by atoms with Gasteiger partial charge >= 0.3 is 5.97 Å². The third-order valence-corrected chi connectivity index (χ3v) is 5.48. The van der Waals surface area contributed by atoms with Gasteiger partial charge in [-0.25, -0.2) is 4.79 Å². The number of rotatable bonds is 8. The fourth-order valence-corrected chi connectivity index (χ4v) is 3.95. The van der Waals surface area contributed by atoms with Crippen LogP contribution in [-0.4, -0.2) is 29.0 Å². The molecule has 2 aromatic carbocycles. The lowest BCUT2D eigenvalue weighted by Gasteiger charge is -2.12. The van der Waals surface area contributed by atoms with E-state index in [4.69, 9.17) is 14.2 Å². The van der Waals surface area contributed by atoms with E-state index >= 15 is 0 Å². The van der Waals surface area contributed by atoms with Gasteiger partial charge in [-0.2, -0.15) is 0 Å². The first-order chi connectivity index (χ1) is 15.6. The highest BCUT2D eigenvalue weighted by atomic mass is 16.7. The van der Waals surface area contributed by atoms with Crippen molar-refractivity contribution in [2.75, 3.05) is 13.9 Å². The van der Waals surface area contributed by atoms with Gasteiger partial charge < -0.3 is 23.3 Å². The van der Waals surface area contributed by atoms with E-state index in [0.29, 0.717) is 11.3 Å². The van der Waals surface area contributed by atoms with Gasteiger partial charge in [-0.05, 0) is 30.2 Å². The Morgan fingerprint density at radius 3 is 2.66 bits per heavy atom. The zero-order valence-corrected chi connectivity index (χ0v) is 18.5. The molecule has 0 saturated heterocycles. The largest absolute Gasteiger partial charge is 0.467 e. The van der Waals surface area contributed by atoms with Crippen LogP contribution >= 0.6 is 0 Å². The Labute approximate surface area is 187 Å². The minimum Gasteiger partial charge on any atom is -0.467 e. The lowest BCUT2D eigenvalue weighted by Crippen LogP contribution is -2.08. The number of nitrogens with zero attached hydrogens (tertiary/aromatic N) is 2. The number of benzene rings is 2. The van der Waals surface area contributed by atoms with E-state index < -0.39 is 5.97 Å². The first kappa shape index (κ1) is 21.5. The van der Waals surface area contributed by atoms with Gasteiger partial charge in [-0.15, -0.1) is 0 Å². The third-order valence-electron chi connectivity index (χ3n) is 5.48. The van der Waals surface area contributed by atoms with Gasteiger partial charge in [0, 0.05) is 66.5 Å². The van der Waals surface area contributed by atoms with Gasteiger partial charge in [0.25, 0.3) is 0 Å². The lowest BCUT2D eigenvalue weighted by molar-refractivity contribution is 0.0479. The van der Waals surface area contributed by atoms with E-state index in [2.05, 4.69) is 72.5 Å². The minimum atomic E-state index is -0.532. The van der Waals surface area contributed by atoms with E-state index in [1.54, 1.807) is 6.07 Å². The van der Waals surface area contributed by atoms with E-state index in [-0.39, 0.29) is 6.79 Å². The molecule has 0 radical (unpaired) electrons. The van der Waals surface area contributed by atoms with Crippen LogP contribution in [0.15, 0.2) is 73.9 Å². The number of methoxy groups -OCH3 is 1. The Bertz CT molecular complexity index is 1280. The molecule has 6 nitrogen and oxygen atoms in total. The molecule has 0 saturated carbocycles. The first-order valence-electron chi connectivity index (χ1n) is 10.4. The number of hydrogen-bond acceptors (Lipinski definition) is 4. The normalized spacial score (nSPS) is 11.0. The average molecular weight is 431 g/mol. The molecule has 4 rings (SSSR count). The predicted octanol–water partition coefficient (Wildman–Crippen LogP) is 5.48. The van der Waals surface area contributed by atoms with E-state index in [9.17, 15) is 4.79 Å². The number of carbonyl (C=O) groups excluding carboxylic acids is 1. The van der Waals surface area contributed by atoms with Crippen LogP contribution in [0.25, 0.3) is 27.7 Å². The molecule has 0 aliphatic rings. The van der Waals surface area contributed by atoms with Crippen LogP contribution in [-0.2, 0) is 22.9 Å². The van der Waals surface area contributed by atoms with Crippen LogP contribution in [0.3, 0.4) is 0 Å². The Kier molecular flexibility index (Phi) is 6.14. The number of aryl methyl sites for hydroxylation is 2. The molecular weight excluding hydrogens is 404 g/mol. The fourth-order valence-electron chi connectivity index (χ4n) is 3.95. The first-order valence-corrected chi connectivity index (χ1v) is 10.4. The molecule has 4 aromatic rings. The Balaban J connectivity index is 1.80. The van der Waals surface area contributed by atoms with E-state index in [0.717, 1.165) is 18.4 Å². The van der Waals surface area contributed by atoms with Crippen molar-refractivity contribution in [3.8, 4) is 22.6 Å². The van der Waals surface area contributed by atoms with Crippen LogP contribution in [0.5, 0.6) is 5.75 Å². The summed E-state index contributed by atoms with van der Waals surface area (Å²) in [5, 5.41) is 1.22. The highest BCUT2D eigenvalue weighted by Gasteiger charge is 2.17. The second-order valence-electron chi connectivity index (χ2n) is 7.43. The summed E-state index contributed by atoms with van der Waals surface area (Å²) in [6.45, 7) is 5.61. The quantitative estimate of drug-likeness (QED) is 0.211. The van der Waals surface area contributed by atoms with Crippen molar-refractivity contribution < 1.29 is 19.0 Å². The van der Waals surface area contributed by atoms with Gasteiger partial charge in [0.15, 0.2) is 6.79 Å². The number of hydrogen-bond donors (Lipinski definition) is 0. The molecule has 2 aromatic heterocycles. The number of fused-ring (bicyclic) bond motifs is 1. The topological polar surface area (TPSA) is 54.6 Å². The maximum absolute atomic E-state index is 12.3. The van der Waals surface area contributed by atoms with Crippen molar-refractivity contribution >= 4 is 16.9 Å². The van der Waals surface area contributed by atoms with E-state index in [1.807, 2.05) is 12.1 Å². The summed E-state index contributed by atoms with van der Waals surface area (Å²) in [4.78, 5) is 12.3. The monoisotopic (exact) mass is 430 g/mol. The molecule has 6 heteroatoms. The Morgan fingerprint density at radius 2 is 1.91 bits per heavy atom. The number of carbonyl (C=O) groups is 1. The summed E-state index contributed by atoms with van der Waals surface area (Å²) < 4.78 is 19.8. The smallest absolute Gasteiger partial charge is 0.346 e. The van der Waals surface area contributed by atoms with Crippen molar-refractivity contribution in [2.24, 2.45) is 7.05 Å². The zero-order chi connectivity index (χ0) is 22.7. The summed E-state index contributed by atoms with van der Waals surface area (Å²) in [6.07, 6.45) is 8.41. The van der Waals surface area contributed by atoms with Crippen LogP contribution in [0.1, 0.15) is 22.8 Å². The summed E-state index contributed by atoms with van der Waals surface area (Å²) in [6, 6.07) is 13.8. The minimum absolute atomic E-state index is 0.0188. The van der Waals surface area contributed by atoms with Crippen LogP contribution < -0.4 is 4.74 Å². The molecule has 0 amide bonds. The van der Waals surface area contributed by atoms with Crippen molar-refractivity contribution in [1.29, 1.82) is 0 Å². The number of esters is 1. The maximum Gasteiger partial charge on any atom is 0.346 e. The highest BCUT2D eigenvalue weighted by Crippen LogP contribution is 2.35. The maximum atomic E-state index is 12.3. The number of para-hydroxylation sites is 1. The highest BCUT2D eigenvalue weighted by molar-refractivity contribution is 5.97.